The van der Waals surface area contributed by atoms with Crippen LogP contribution in [0.5, 0.6) is 5.75 Å². The second kappa shape index (κ2) is 9.68. The molecule has 1 aromatic heterocycles. The Bertz CT molecular complexity index is 820. The predicted octanol–water partition coefficient (Wildman–Crippen LogP) is 3.33. The number of rotatable bonds is 8. The first kappa shape index (κ1) is 20.3. The van der Waals surface area contributed by atoms with Crippen molar-refractivity contribution >= 4 is 23.6 Å². The Balaban J connectivity index is 1.71. The monoisotopic (exact) mass is 402 g/mol. The number of amides is 2. The molecule has 1 aliphatic rings. The lowest BCUT2D eigenvalue weighted by Crippen LogP contribution is -2.48. The van der Waals surface area contributed by atoms with E-state index in [1.54, 1.807) is 42.3 Å². The van der Waals surface area contributed by atoms with E-state index >= 15 is 0 Å². The van der Waals surface area contributed by atoms with Gasteiger partial charge in [0.15, 0.2) is 0 Å². The van der Waals surface area contributed by atoms with Crippen molar-refractivity contribution in [2.75, 3.05) is 19.1 Å². The summed E-state index contributed by atoms with van der Waals surface area (Å²) < 4.78 is 10.8. The fourth-order valence-electron chi connectivity index (χ4n) is 3.48. The van der Waals surface area contributed by atoms with Crippen molar-refractivity contribution in [1.82, 2.24) is 10.6 Å². The molecule has 0 bridgehead atoms. The first-order valence-electron chi connectivity index (χ1n) is 9.43. The summed E-state index contributed by atoms with van der Waals surface area (Å²) in [5.41, 5.74) is 1.46. The molecule has 1 aliphatic carbocycles. The highest BCUT2D eigenvalue weighted by atomic mass is 32.2. The molecule has 7 heteroatoms. The van der Waals surface area contributed by atoms with Crippen LogP contribution in [0.25, 0.3) is 0 Å². The molecule has 2 aromatic rings. The zero-order chi connectivity index (χ0) is 19.9. The molecule has 2 unspecified atom stereocenters. The molecule has 2 atom stereocenters. The SMILES string of the molecule is COc1ccccc1C(=O)NC(CCSC)C(=O)NC1CCCc2occc21. The Labute approximate surface area is 169 Å². The van der Waals surface area contributed by atoms with Crippen LogP contribution in [0.2, 0.25) is 0 Å². The number of fused-ring (bicyclic) bond motifs is 1. The van der Waals surface area contributed by atoms with Crippen molar-refractivity contribution in [3.8, 4) is 5.75 Å². The standard InChI is InChI=1S/C21H26N2O4S/c1-26-18-8-4-3-6-15(18)20(24)23-17(11-13-28-2)21(25)22-16-7-5-9-19-14(16)10-12-27-19/h3-4,6,8,10,12,16-17H,5,7,9,11,13H2,1-2H3,(H,22,25)(H,23,24). The topological polar surface area (TPSA) is 80.6 Å². The third-order valence-corrected chi connectivity index (χ3v) is 5.60. The second-order valence-electron chi connectivity index (χ2n) is 6.76. The maximum Gasteiger partial charge on any atom is 0.255 e. The molecule has 0 spiro atoms. The minimum absolute atomic E-state index is 0.0741. The van der Waals surface area contributed by atoms with Crippen LogP contribution in [-0.4, -0.2) is 37.0 Å². The molecule has 2 amide bonds. The highest BCUT2D eigenvalue weighted by Crippen LogP contribution is 2.30. The molecule has 2 N–H and O–H groups in total. The van der Waals surface area contributed by atoms with Crippen molar-refractivity contribution in [3.05, 3.63) is 53.5 Å². The van der Waals surface area contributed by atoms with Crippen LogP contribution in [0.3, 0.4) is 0 Å². The summed E-state index contributed by atoms with van der Waals surface area (Å²) in [6, 6.07) is 8.24. The summed E-state index contributed by atoms with van der Waals surface area (Å²) in [4.78, 5) is 25.7. The predicted molar refractivity (Wildman–Crippen MR) is 110 cm³/mol. The van der Waals surface area contributed by atoms with Gasteiger partial charge in [0.2, 0.25) is 5.91 Å². The fraction of sp³-hybridized carbons (Fsp3) is 0.429. The number of nitrogens with one attached hydrogen (secondary N) is 2. The lowest BCUT2D eigenvalue weighted by Gasteiger charge is -2.26. The lowest BCUT2D eigenvalue weighted by molar-refractivity contribution is -0.123. The summed E-state index contributed by atoms with van der Waals surface area (Å²) in [6.07, 6.45) is 6.94. The molecule has 1 heterocycles. The van der Waals surface area contributed by atoms with Gasteiger partial charge in [-0.15, -0.1) is 0 Å². The van der Waals surface area contributed by atoms with Crippen LogP contribution in [0, 0.1) is 0 Å². The molecule has 150 valence electrons. The lowest BCUT2D eigenvalue weighted by atomic mass is 9.93. The van der Waals surface area contributed by atoms with Gasteiger partial charge in [0.05, 0.1) is 25.0 Å². The van der Waals surface area contributed by atoms with E-state index in [0.29, 0.717) is 17.7 Å². The molecular formula is C21H26N2O4S. The van der Waals surface area contributed by atoms with E-state index in [4.69, 9.17) is 9.15 Å². The molecule has 0 aliphatic heterocycles. The molecule has 0 fully saturated rings. The highest BCUT2D eigenvalue weighted by molar-refractivity contribution is 7.98. The molecule has 0 saturated carbocycles. The maximum absolute atomic E-state index is 13.0. The molecular weight excluding hydrogens is 376 g/mol. The third-order valence-electron chi connectivity index (χ3n) is 4.95. The van der Waals surface area contributed by atoms with Gasteiger partial charge >= 0.3 is 0 Å². The van der Waals surface area contributed by atoms with Gasteiger partial charge in [-0.05, 0) is 49.5 Å². The minimum atomic E-state index is -0.609. The number of methoxy groups -OCH3 is 1. The van der Waals surface area contributed by atoms with Crippen LogP contribution in [-0.2, 0) is 11.2 Å². The van der Waals surface area contributed by atoms with Crippen LogP contribution in [0.4, 0.5) is 0 Å². The Morgan fingerprint density at radius 1 is 1.32 bits per heavy atom. The van der Waals surface area contributed by atoms with E-state index in [1.807, 2.05) is 12.3 Å². The summed E-state index contributed by atoms with van der Waals surface area (Å²) >= 11 is 1.64. The van der Waals surface area contributed by atoms with Gasteiger partial charge in [0, 0.05) is 12.0 Å². The van der Waals surface area contributed by atoms with Crippen molar-refractivity contribution < 1.29 is 18.7 Å². The third kappa shape index (κ3) is 4.70. The number of thioether (sulfide) groups is 1. The molecule has 6 nitrogen and oxygen atoms in total. The van der Waals surface area contributed by atoms with Crippen LogP contribution < -0.4 is 15.4 Å². The van der Waals surface area contributed by atoms with Crippen LogP contribution in [0.1, 0.15) is 47.0 Å². The Kier molecular flexibility index (Phi) is 7.03. The number of carbonyl (C=O) groups is 2. The van der Waals surface area contributed by atoms with Crippen molar-refractivity contribution in [2.45, 2.75) is 37.8 Å². The molecule has 0 radical (unpaired) electrons. The number of carbonyl (C=O) groups excluding carboxylic acids is 2. The van der Waals surface area contributed by atoms with Crippen molar-refractivity contribution in [2.24, 2.45) is 0 Å². The number of hydrogen-bond acceptors (Lipinski definition) is 5. The van der Waals surface area contributed by atoms with Gasteiger partial charge in [-0.25, -0.2) is 0 Å². The summed E-state index contributed by atoms with van der Waals surface area (Å²) in [5.74, 6) is 1.71. The molecule has 1 aromatic carbocycles. The zero-order valence-corrected chi connectivity index (χ0v) is 17.0. The van der Waals surface area contributed by atoms with Gasteiger partial charge in [0.1, 0.15) is 17.6 Å². The average molecular weight is 403 g/mol. The van der Waals surface area contributed by atoms with Gasteiger partial charge in [-0.2, -0.15) is 11.8 Å². The maximum atomic E-state index is 13.0. The minimum Gasteiger partial charge on any atom is -0.496 e. The number of aryl methyl sites for hydroxylation is 1. The van der Waals surface area contributed by atoms with Gasteiger partial charge < -0.3 is 19.8 Å². The Morgan fingerprint density at radius 2 is 2.14 bits per heavy atom. The Hall–Kier alpha value is -2.41. The van der Waals surface area contributed by atoms with Gasteiger partial charge in [-0.3, -0.25) is 9.59 Å². The van der Waals surface area contributed by atoms with E-state index < -0.39 is 6.04 Å². The Morgan fingerprint density at radius 3 is 2.93 bits per heavy atom. The summed E-state index contributed by atoms with van der Waals surface area (Å²) in [6.45, 7) is 0. The van der Waals surface area contributed by atoms with Gasteiger partial charge in [-0.1, -0.05) is 12.1 Å². The summed E-state index contributed by atoms with van der Waals surface area (Å²) in [5, 5.41) is 5.98. The fourth-order valence-corrected chi connectivity index (χ4v) is 3.95. The summed E-state index contributed by atoms with van der Waals surface area (Å²) in [7, 11) is 1.52. The molecule has 3 rings (SSSR count). The van der Waals surface area contributed by atoms with Gasteiger partial charge in [0.25, 0.3) is 5.91 Å². The van der Waals surface area contributed by atoms with Crippen LogP contribution >= 0.6 is 11.8 Å². The normalized spacial score (nSPS) is 16.7. The highest BCUT2D eigenvalue weighted by Gasteiger charge is 2.28. The zero-order valence-electron chi connectivity index (χ0n) is 16.2. The van der Waals surface area contributed by atoms with E-state index in [-0.39, 0.29) is 17.9 Å². The molecule has 28 heavy (non-hydrogen) atoms. The quantitative estimate of drug-likeness (QED) is 0.708. The van der Waals surface area contributed by atoms with E-state index in [9.17, 15) is 9.59 Å². The first-order valence-corrected chi connectivity index (χ1v) is 10.8. The first-order chi connectivity index (χ1) is 13.6. The largest absolute Gasteiger partial charge is 0.496 e. The van der Waals surface area contributed by atoms with Crippen molar-refractivity contribution in [3.63, 3.8) is 0 Å². The van der Waals surface area contributed by atoms with Crippen LogP contribution in [0.15, 0.2) is 41.0 Å². The van der Waals surface area contributed by atoms with E-state index in [1.165, 1.54) is 7.11 Å². The number of benzene rings is 1. The number of ether oxygens (including phenoxy) is 1. The van der Waals surface area contributed by atoms with Crippen molar-refractivity contribution in [1.29, 1.82) is 0 Å². The van der Waals surface area contributed by atoms with E-state index in [0.717, 1.165) is 36.3 Å². The molecule has 0 saturated heterocycles. The number of furan rings is 1. The number of para-hydroxylation sites is 1. The second-order valence-corrected chi connectivity index (χ2v) is 7.75. The van der Waals surface area contributed by atoms with E-state index in [2.05, 4.69) is 10.6 Å². The average Bonchev–Trinajstić information content (AvgIpc) is 3.20. The smallest absolute Gasteiger partial charge is 0.255 e. The number of hydrogen-bond donors (Lipinski definition) is 2.